The Morgan fingerprint density at radius 1 is 0.950 bits per heavy atom. The molecule has 2 aromatic carbocycles. The standard InChI is InChI=1S/C17H20N2O/c1-17(2,3)16(18)19-13-8-7-11-15(12-13)20-14-9-5-4-6-10-14/h4-12H,1-3H3,(H2,18,19). The highest BCUT2D eigenvalue weighted by Crippen LogP contribution is 2.26. The van der Waals surface area contributed by atoms with Gasteiger partial charge in [-0.3, -0.25) is 0 Å². The van der Waals surface area contributed by atoms with E-state index in [1.807, 2.05) is 75.4 Å². The van der Waals surface area contributed by atoms with Crippen LogP contribution in [0.4, 0.5) is 5.69 Å². The first-order chi connectivity index (χ1) is 9.45. The van der Waals surface area contributed by atoms with Gasteiger partial charge in [0.25, 0.3) is 0 Å². The maximum atomic E-state index is 5.99. The molecule has 0 bridgehead atoms. The Balaban J connectivity index is 2.21. The van der Waals surface area contributed by atoms with Crippen molar-refractivity contribution in [3.05, 3.63) is 54.6 Å². The van der Waals surface area contributed by atoms with Gasteiger partial charge >= 0.3 is 0 Å². The minimum atomic E-state index is -0.143. The van der Waals surface area contributed by atoms with Gasteiger partial charge in [-0.1, -0.05) is 45.0 Å². The molecule has 0 unspecified atom stereocenters. The molecule has 104 valence electrons. The van der Waals surface area contributed by atoms with Gasteiger partial charge in [-0.05, 0) is 24.3 Å². The highest BCUT2D eigenvalue weighted by molar-refractivity contribution is 5.87. The molecule has 0 aliphatic carbocycles. The van der Waals surface area contributed by atoms with Gasteiger partial charge in [0, 0.05) is 11.5 Å². The van der Waals surface area contributed by atoms with Crippen molar-refractivity contribution in [3.63, 3.8) is 0 Å². The Morgan fingerprint density at radius 2 is 1.60 bits per heavy atom. The monoisotopic (exact) mass is 268 g/mol. The number of hydrogen-bond acceptors (Lipinski definition) is 2. The van der Waals surface area contributed by atoms with E-state index >= 15 is 0 Å². The van der Waals surface area contributed by atoms with Gasteiger partial charge in [-0.15, -0.1) is 0 Å². The molecule has 0 spiro atoms. The number of amidine groups is 1. The fourth-order valence-electron chi connectivity index (χ4n) is 1.55. The number of hydrogen-bond donors (Lipinski definition) is 1. The molecule has 2 N–H and O–H groups in total. The summed E-state index contributed by atoms with van der Waals surface area (Å²) in [6.07, 6.45) is 0. The summed E-state index contributed by atoms with van der Waals surface area (Å²) in [6, 6.07) is 17.3. The molecular formula is C17H20N2O. The zero-order valence-electron chi connectivity index (χ0n) is 12.1. The average Bonchev–Trinajstić information content (AvgIpc) is 2.39. The molecule has 0 atom stereocenters. The van der Waals surface area contributed by atoms with E-state index in [1.165, 1.54) is 0 Å². The van der Waals surface area contributed by atoms with Crippen molar-refractivity contribution in [2.24, 2.45) is 16.1 Å². The molecule has 0 fully saturated rings. The number of nitrogens with two attached hydrogens (primary N) is 1. The molecule has 3 nitrogen and oxygen atoms in total. The van der Waals surface area contributed by atoms with Gasteiger partial charge in [0.15, 0.2) is 0 Å². The third-order valence-corrected chi connectivity index (χ3v) is 2.81. The van der Waals surface area contributed by atoms with Crippen LogP contribution >= 0.6 is 0 Å². The normalized spacial score (nSPS) is 12.2. The van der Waals surface area contributed by atoms with E-state index in [-0.39, 0.29) is 5.41 Å². The predicted molar refractivity (Wildman–Crippen MR) is 83.7 cm³/mol. The maximum Gasteiger partial charge on any atom is 0.129 e. The Labute approximate surface area is 120 Å². The lowest BCUT2D eigenvalue weighted by atomic mass is 9.95. The molecule has 2 aromatic rings. The summed E-state index contributed by atoms with van der Waals surface area (Å²) in [5.74, 6) is 2.16. The highest BCUT2D eigenvalue weighted by Gasteiger charge is 2.15. The Morgan fingerprint density at radius 3 is 2.25 bits per heavy atom. The molecule has 0 amide bonds. The van der Waals surface area contributed by atoms with Gasteiger partial charge in [-0.25, -0.2) is 4.99 Å². The predicted octanol–water partition coefficient (Wildman–Crippen LogP) is 4.51. The second-order valence-corrected chi connectivity index (χ2v) is 5.66. The first-order valence-electron chi connectivity index (χ1n) is 6.63. The van der Waals surface area contributed by atoms with Crippen molar-refractivity contribution in [1.82, 2.24) is 0 Å². The van der Waals surface area contributed by atoms with Crippen LogP contribution in [0.3, 0.4) is 0 Å². The third-order valence-electron chi connectivity index (χ3n) is 2.81. The van der Waals surface area contributed by atoms with Crippen molar-refractivity contribution in [3.8, 4) is 11.5 Å². The fourth-order valence-corrected chi connectivity index (χ4v) is 1.55. The van der Waals surface area contributed by atoms with Crippen LogP contribution in [-0.4, -0.2) is 5.84 Å². The Bertz CT molecular complexity index is 598. The van der Waals surface area contributed by atoms with E-state index in [4.69, 9.17) is 10.5 Å². The minimum Gasteiger partial charge on any atom is -0.457 e. The van der Waals surface area contributed by atoms with Crippen molar-refractivity contribution < 1.29 is 4.74 Å². The van der Waals surface area contributed by atoms with Gasteiger partial charge < -0.3 is 10.5 Å². The molecule has 0 aromatic heterocycles. The van der Waals surface area contributed by atoms with Gasteiger partial charge in [-0.2, -0.15) is 0 Å². The SMILES string of the molecule is CC(C)(C)C(N)=Nc1cccc(Oc2ccccc2)c1. The largest absolute Gasteiger partial charge is 0.457 e. The molecule has 0 radical (unpaired) electrons. The van der Waals surface area contributed by atoms with Crippen LogP contribution in [0.15, 0.2) is 59.6 Å². The first kappa shape index (κ1) is 14.1. The van der Waals surface area contributed by atoms with E-state index < -0.39 is 0 Å². The molecule has 0 heterocycles. The summed E-state index contributed by atoms with van der Waals surface area (Å²) in [6.45, 7) is 6.11. The summed E-state index contributed by atoms with van der Waals surface area (Å²) >= 11 is 0. The number of benzene rings is 2. The number of rotatable bonds is 3. The van der Waals surface area contributed by atoms with Crippen LogP contribution in [-0.2, 0) is 0 Å². The average molecular weight is 268 g/mol. The van der Waals surface area contributed by atoms with Crippen molar-refractivity contribution in [2.75, 3.05) is 0 Å². The molecule has 2 rings (SSSR count). The quantitative estimate of drug-likeness (QED) is 0.657. The van der Waals surface area contributed by atoms with E-state index in [1.54, 1.807) is 0 Å². The third kappa shape index (κ3) is 3.85. The second-order valence-electron chi connectivity index (χ2n) is 5.66. The lowest BCUT2D eigenvalue weighted by molar-refractivity contribution is 0.483. The molecule has 0 saturated carbocycles. The van der Waals surface area contributed by atoms with Crippen molar-refractivity contribution in [1.29, 1.82) is 0 Å². The molecular weight excluding hydrogens is 248 g/mol. The van der Waals surface area contributed by atoms with Crippen molar-refractivity contribution in [2.45, 2.75) is 20.8 Å². The summed E-state index contributed by atoms with van der Waals surface area (Å²) in [7, 11) is 0. The zero-order valence-corrected chi connectivity index (χ0v) is 12.1. The van der Waals surface area contributed by atoms with Crippen LogP contribution in [0.2, 0.25) is 0 Å². The van der Waals surface area contributed by atoms with E-state index in [9.17, 15) is 0 Å². The number of nitrogens with zero attached hydrogens (tertiary/aromatic N) is 1. The van der Waals surface area contributed by atoms with Crippen LogP contribution in [0.5, 0.6) is 11.5 Å². The zero-order chi connectivity index (χ0) is 14.6. The van der Waals surface area contributed by atoms with Crippen LogP contribution in [0.1, 0.15) is 20.8 Å². The van der Waals surface area contributed by atoms with Crippen LogP contribution < -0.4 is 10.5 Å². The van der Waals surface area contributed by atoms with E-state index in [0.29, 0.717) is 5.84 Å². The number of aliphatic imine (C=N–C) groups is 1. The summed E-state index contributed by atoms with van der Waals surface area (Å²) in [5, 5.41) is 0. The second kappa shape index (κ2) is 5.78. The Kier molecular flexibility index (Phi) is 4.08. The van der Waals surface area contributed by atoms with Crippen LogP contribution in [0, 0.1) is 5.41 Å². The van der Waals surface area contributed by atoms with Gasteiger partial charge in [0.05, 0.1) is 5.69 Å². The molecule has 3 heteroatoms. The summed E-state index contributed by atoms with van der Waals surface area (Å²) < 4.78 is 5.78. The fraction of sp³-hybridized carbons (Fsp3) is 0.235. The minimum absolute atomic E-state index is 0.143. The summed E-state index contributed by atoms with van der Waals surface area (Å²) in [5.41, 5.74) is 6.65. The maximum absolute atomic E-state index is 5.99. The van der Waals surface area contributed by atoms with Crippen molar-refractivity contribution >= 4 is 11.5 Å². The molecule has 0 aliphatic heterocycles. The number of para-hydroxylation sites is 1. The lowest BCUT2D eigenvalue weighted by Gasteiger charge is -2.17. The molecule has 20 heavy (non-hydrogen) atoms. The molecule has 0 saturated heterocycles. The van der Waals surface area contributed by atoms with Gasteiger partial charge in [0.2, 0.25) is 0 Å². The van der Waals surface area contributed by atoms with E-state index in [0.717, 1.165) is 17.2 Å². The highest BCUT2D eigenvalue weighted by atomic mass is 16.5. The molecule has 0 aliphatic rings. The first-order valence-corrected chi connectivity index (χ1v) is 6.63. The van der Waals surface area contributed by atoms with Gasteiger partial charge in [0.1, 0.15) is 17.3 Å². The van der Waals surface area contributed by atoms with Crippen LogP contribution in [0.25, 0.3) is 0 Å². The smallest absolute Gasteiger partial charge is 0.129 e. The topological polar surface area (TPSA) is 47.6 Å². The lowest BCUT2D eigenvalue weighted by Crippen LogP contribution is -2.28. The summed E-state index contributed by atoms with van der Waals surface area (Å²) in [4.78, 5) is 4.45. The van der Waals surface area contributed by atoms with E-state index in [2.05, 4.69) is 4.99 Å². The number of ether oxygens (including phenoxy) is 1. The Hall–Kier alpha value is -2.29.